The van der Waals surface area contributed by atoms with Crippen molar-refractivity contribution in [1.82, 2.24) is 29.6 Å². The molecule has 2 aliphatic rings. The van der Waals surface area contributed by atoms with Gasteiger partial charge >= 0.3 is 6.09 Å². The zero-order valence-electron chi connectivity index (χ0n) is 20.7. The van der Waals surface area contributed by atoms with Crippen LogP contribution in [0.1, 0.15) is 44.1 Å². The number of nitrogens with one attached hydrogen (secondary N) is 1. The Hall–Kier alpha value is -4.27. The molecule has 2 fully saturated rings. The molecule has 1 aromatic carbocycles. The van der Waals surface area contributed by atoms with E-state index in [1.54, 1.807) is 17.3 Å². The average Bonchev–Trinajstić information content (AvgIpc) is 3.48. The first-order valence-electron chi connectivity index (χ1n) is 12.8. The summed E-state index contributed by atoms with van der Waals surface area (Å²) in [5.41, 5.74) is 5.66. The van der Waals surface area contributed by atoms with Crippen molar-refractivity contribution in [2.45, 2.75) is 57.2 Å². The molecule has 5 heterocycles. The number of aromatic nitrogens is 5. The summed E-state index contributed by atoms with van der Waals surface area (Å²) in [6.45, 7) is 2.81. The Balaban J connectivity index is 1.20. The highest BCUT2D eigenvalue weighted by atomic mass is 16.4. The molecule has 2 N–H and O–H groups in total. The predicted molar refractivity (Wildman–Crippen MR) is 141 cm³/mol. The molecule has 0 spiro atoms. The molecular formula is C28H29N7O2. The van der Waals surface area contributed by atoms with Crippen LogP contribution in [-0.2, 0) is 6.54 Å². The average molecular weight is 496 g/mol. The number of amides is 1. The van der Waals surface area contributed by atoms with E-state index in [0.29, 0.717) is 11.9 Å². The van der Waals surface area contributed by atoms with Gasteiger partial charge in [0.15, 0.2) is 0 Å². The van der Waals surface area contributed by atoms with E-state index >= 15 is 0 Å². The second-order valence-electron chi connectivity index (χ2n) is 9.74. The van der Waals surface area contributed by atoms with Crippen LogP contribution in [0.4, 0.5) is 16.4 Å². The molecule has 2 aliphatic heterocycles. The summed E-state index contributed by atoms with van der Waals surface area (Å²) in [4.78, 5) is 26.7. The molecule has 3 aromatic heterocycles. The van der Waals surface area contributed by atoms with Crippen molar-refractivity contribution in [3.8, 4) is 22.5 Å². The second kappa shape index (κ2) is 9.65. The summed E-state index contributed by atoms with van der Waals surface area (Å²) in [5.74, 6) is 0.905. The number of carbonyl (C=O) groups is 1. The standard InChI is InChI=1S/C28H29N7O2/c1-2-34-17-24(26(33-34)19-4-3-12-29-16-19)25-11-13-30-27(32-25)31-21-7-5-18(6-8-21)20-14-22-9-10-23(15-20)35(22)28(36)37/h3-8,11-13,16-17,20,22-23H,2,9-10,14-15H2,1H3,(H,36,37)(H,30,31,32). The van der Waals surface area contributed by atoms with Crippen LogP contribution in [0, 0.1) is 0 Å². The van der Waals surface area contributed by atoms with Crippen LogP contribution in [0.3, 0.4) is 0 Å². The highest BCUT2D eigenvalue weighted by Gasteiger charge is 2.43. The SMILES string of the molecule is CCn1cc(-c2ccnc(Nc3ccc(C4CC5CCC(C4)N5C(=O)O)cc3)n2)c(-c2cccnc2)n1. The molecular weight excluding hydrogens is 466 g/mol. The lowest BCUT2D eigenvalue weighted by atomic mass is 9.85. The highest BCUT2D eigenvalue weighted by molar-refractivity contribution is 5.78. The number of benzene rings is 1. The van der Waals surface area contributed by atoms with Crippen LogP contribution in [0.15, 0.2) is 67.3 Å². The number of hydrogen-bond acceptors (Lipinski definition) is 6. The molecule has 9 heteroatoms. The molecule has 0 radical (unpaired) electrons. The molecule has 2 unspecified atom stereocenters. The normalized spacial score (nSPS) is 20.7. The van der Waals surface area contributed by atoms with Crippen molar-refractivity contribution in [2.24, 2.45) is 0 Å². The zero-order chi connectivity index (χ0) is 25.4. The van der Waals surface area contributed by atoms with Crippen molar-refractivity contribution in [3.05, 3.63) is 72.8 Å². The first kappa shape index (κ1) is 23.1. The molecule has 2 saturated heterocycles. The zero-order valence-corrected chi connectivity index (χ0v) is 20.7. The number of pyridine rings is 1. The van der Waals surface area contributed by atoms with Crippen molar-refractivity contribution < 1.29 is 9.90 Å². The van der Waals surface area contributed by atoms with Gasteiger partial charge in [-0.15, -0.1) is 0 Å². The topological polar surface area (TPSA) is 109 Å². The Morgan fingerprint density at radius 1 is 1.08 bits per heavy atom. The maximum absolute atomic E-state index is 11.6. The number of nitrogens with zero attached hydrogens (tertiary/aromatic N) is 6. The molecule has 6 rings (SSSR count). The van der Waals surface area contributed by atoms with Gasteiger partial charge in [-0.3, -0.25) is 9.67 Å². The summed E-state index contributed by atoms with van der Waals surface area (Å²) in [6.07, 6.45) is 10.3. The van der Waals surface area contributed by atoms with Gasteiger partial charge in [-0.05, 0) is 74.4 Å². The third-order valence-electron chi connectivity index (χ3n) is 7.54. The van der Waals surface area contributed by atoms with E-state index in [9.17, 15) is 9.90 Å². The smallest absolute Gasteiger partial charge is 0.407 e. The van der Waals surface area contributed by atoms with E-state index < -0.39 is 6.09 Å². The van der Waals surface area contributed by atoms with Gasteiger partial charge in [0.1, 0.15) is 5.69 Å². The number of fused-ring (bicyclic) bond motifs is 2. The Kier molecular flexibility index (Phi) is 6.04. The van der Waals surface area contributed by atoms with Crippen molar-refractivity contribution in [1.29, 1.82) is 0 Å². The van der Waals surface area contributed by atoms with Gasteiger partial charge in [0.2, 0.25) is 5.95 Å². The molecule has 2 bridgehead atoms. The Morgan fingerprint density at radius 2 is 1.86 bits per heavy atom. The Morgan fingerprint density at radius 3 is 2.54 bits per heavy atom. The van der Waals surface area contributed by atoms with E-state index in [0.717, 1.165) is 60.4 Å². The molecule has 37 heavy (non-hydrogen) atoms. The predicted octanol–water partition coefficient (Wildman–Crippen LogP) is 5.55. The monoisotopic (exact) mass is 495 g/mol. The van der Waals surface area contributed by atoms with Gasteiger partial charge in [0.25, 0.3) is 0 Å². The van der Waals surface area contributed by atoms with Crippen molar-refractivity contribution in [2.75, 3.05) is 5.32 Å². The van der Waals surface area contributed by atoms with Gasteiger partial charge < -0.3 is 15.3 Å². The Labute approximate surface area is 215 Å². The highest BCUT2D eigenvalue weighted by Crippen LogP contribution is 2.43. The summed E-state index contributed by atoms with van der Waals surface area (Å²) in [7, 11) is 0. The van der Waals surface area contributed by atoms with Gasteiger partial charge in [-0.2, -0.15) is 5.10 Å². The minimum atomic E-state index is -0.776. The fraction of sp³-hybridized carbons (Fsp3) is 0.321. The number of rotatable bonds is 6. The number of anilines is 2. The second-order valence-corrected chi connectivity index (χ2v) is 9.74. The lowest BCUT2D eigenvalue weighted by Crippen LogP contribution is -2.45. The maximum Gasteiger partial charge on any atom is 0.407 e. The number of piperidine rings is 1. The van der Waals surface area contributed by atoms with Crippen LogP contribution < -0.4 is 5.32 Å². The van der Waals surface area contributed by atoms with Crippen molar-refractivity contribution in [3.63, 3.8) is 0 Å². The molecule has 0 saturated carbocycles. The summed E-state index contributed by atoms with van der Waals surface area (Å²) >= 11 is 0. The fourth-order valence-electron chi connectivity index (χ4n) is 5.79. The van der Waals surface area contributed by atoms with Crippen LogP contribution in [0.2, 0.25) is 0 Å². The maximum atomic E-state index is 11.6. The summed E-state index contributed by atoms with van der Waals surface area (Å²) < 4.78 is 1.90. The third-order valence-corrected chi connectivity index (χ3v) is 7.54. The number of aryl methyl sites for hydroxylation is 1. The van der Waals surface area contributed by atoms with Gasteiger partial charge in [0, 0.05) is 60.2 Å². The van der Waals surface area contributed by atoms with E-state index in [1.807, 2.05) is 47.4 Å². The van der Waals surface area contributed by atoms with Crippen LogP contribution in [0.25, 0.3) is 22.5 Å². The summed E-state index contributed by atoms with van der Waals surface area (Å²) in [5, 5.41) is 17.6. The van der Waals surface area contributed by atoms with Gasteiger partial charge in [-0.25, -0.2) is 14.8 Å². The minimum Gasteiger partial charge on any atom is -0.465 e. The lowest BCUT2D eigenvalue weighted by molar-refractivity contribution is 0.0965. The number of carboxylic acid groups (broad SMARTS) is 1. The Bertz CT molecular complexity index is 1390. The van der Waals surface area contributed by atoms with Crippen LogP contribution >= 0.6 is 0 Å². The van der Waals surface area contributed by atoms with Crippen molar-refractivity contribution >= 4 is 17.7 Å². The molecule has 188 valence electrons. The molecule has 1 amide bonds. The van der Waals surface area contributed by atoms with E-state index in [1.165, 1.54) is 5.56 Å². The van der Waals surface area contributed by atoms with Gasteiger partial charge in [0.05, 0.1) is 5.69 Å². The van der Waals surface area contributed by atoms with Crippen LogP contribution in [-0.4, -0.2) is 52.9 Å². The molecule has 4 aromatic rings. The summed E-state index contributed by atoms with van der Waals surface area (Å²) in [6, 6.07) is 14.5. The molecule has 9 nitrogen and oxygen atoms in total. The minimum absolute atomic E-state index is 0.142. The third kappa shape index (κ3) is 4.52. The van der Waals surface area contributed by atoms with E-state index in [-0.39, 0.29) is 12.1 Å². The van der Waals surface area contributed by atoms with Crippen LogP contribution in [0.5, 0.6) is 0 Å². The van der Waals surface area contributed by atoms with Gasteiger partial charge in [-0.1, -0.05) is 12.1 Å². The molecule has 2 atom stereocenters. The number of hydrogen-bond donors (Lipinski definition) is 2. The first-order valence-corrected chi connectivity index (χ1v) is 12.8. The lowest BCUT2D eigenvalue weighted by Gasteiger charge is -2.37. The molecule has 0 aliphatic carbocycles. The fourth-order valence-corrected chi connectivity index (χ4v) is 5.79. The first-order chi connectivity index (χ1) is 18.1. The largest absolute Gasteiger partial charge is 0.465 e. The van der Waals surface area contributed by atoms with E-state index in [2.05, 4.69) is 34.3 Å². The quantitative estimate of drug-likeness (QED) is 0.361. The van der Waals surface area contributed by atoms with E-state index in [4.69, 9.17) is 10.1 Å².